The van der Waals surface area contributed by atoms with Gasteiger partial charge in [-0.3, -0.25) is 0 Å². The fourth-order valence-electron chi connectivity index (χ4n) is 1.60. The molecule has 0 bridgehead atoms. The van der Waals surface area contributed by atoms with Gasteiger partial charge in [0.05, 0.1) is 22.9 Å². The number of halogens is 1. The number of thioether (sulfide) groups is 1. The fraction of sp³-hybridized carbons (Fsp3) is 0.400. The number of aliphatic hydroxyl groups excluding tert-OH is 1. The molecule has 2 rings (SSSR count). The van der Waals surface area contributed by atoms with Crippen molar-refractivity contribution in [3.63, 3.8) is 0 Å². The van der Waals surface area contributed by atoms with Gasteiger partial charge < -0.3 is 5.11 Å². The Morgan fingerprint density at radius 3 is 2.38 bits per heavy atom. The molecule has 0 amide bonds. The van der Waals surface area contributed by atoms with Crippen molar-refractivity contribution in [1.29, 1.82) is 0 Å². The summed E-state index contributed by atoms with van der Waals surface area (Å²) in [5.74, 6) is -0.522. The Balaban J connectivity index is 2.08. The molecule has 0 aliphatic carbocycles. The van der Waals surface area contributed by atoms with Crippen LogP contribution in [-0.4, -0.2) is 36.4 Å². The summed E-state index contributed by atoms with van der Waals surface area (Å²) in [6, 6.07) is 5.80. The van der Waals surface area contributed by atoms with E-state index in [0.717, 1.165) is 4.90 Å². The molecule has 1 aliphatic heterocycles. The highest BCUT2D eigenvalue weighted by molar-refractivity contribution is 8.02. The zero-order chi connectivity index (χ0) is 11.8. The summed E-state index contributed by atoms with van der Waals surface area (Å²) in [4.78, 5) is 0.766. The third kappa shape index (κ3) is 2.75. The lowest BCUT2D eigenvalue weighted by Gasteiger charge is -2.11. The maximum atomic E-state index is 12.6. The summed E-state index contributed by atoms with van der Waals surface area (Å²) in [6.45, 7) is 0. The van der Waals surface area contributed by atoms with E-state index in [-0.39, 0.29) is 22.6 Å². The molecule has 0 radical (unpaired) electrons. The molecular weight excluding hydrogens is 251 g/mol. The van der Waals surface area contributed by atoms with Gasteiger partial charge in [0, 0.05) is 4.90 Å². The van der Waals surface area contributed by atoms with Crippen molar-refractivity contribution < 1.29 is 17.9 Å². The minimum atomic E-state index is -3.12. The van der Waals surface area contributed by atoms with Crippen molar-refractivity contribution in [3.05, 3.63) is 30.1 Å². The molecule has 88 valence electrons. The van der Waals surface area contributed by atoms with Crippen LogP contribution in [0.3, 0.4) is 0 Å². The molecule has 0 aromatic heterocycles. The lowest BCUT2D eigenvalue weighted by atomic mass is 10.3. The molecule has 1 aromatic carbocycles. The molecule has 1 aliphatic rings. The Bertz CT molecular complexity index is 469. The van der Waals surface area contributed by atoms with Crippen molar-refractivity contribution in [2.45, 2.75) is 16.2 Å². The number of hydrogen-bond acceptors (Lipinski definition) is 4. The number of hydrogen-bond donors (Lipinski definition) is 1. The van der Waals surface area contributed by atoms with Crippen molar-refractivity contribution in [3.8, 4) is 0 Å². The average Bonchev–Trinajstić information content (AvgIpc) is 2.44. The maximum Gasteiger partial charge on any atom is 0.154 e. The molecule has 0 spiro atoms. The van der Waals surface area contributed by atoms with Crippen LogP contribution in [0.25, 0.3) is 0 Å². The molecule has 1 saturated heterocycles. The monoisotopic (exact) mass is 262 g/mol. The molecule has 16 heavy (non-hydrogen) atoms. The highest BCUT2D eigenvalue weighted by Crippen LogP contribution is 2.31. The van der Waals surface area contributed by atoms with Crippen molar-refractivity contribution in [2.24, 2.45) is 0 Å². The topological polar surface area (TPSA) is 54.4 Å². The number of aliphatic hydroxyl groups is 1. The summed E-state index contributed by atoms with van der Waals surface area (Å²) in [5, 5.41) is 9.21. The fourth-order valence-corrected chi connectivity index (χ4v) is 5.12. The zero-order valence-corrected chi connectivity index (χ0v) is 9.97. The van der Waals surface area contributed by atoms with E-state index < -0.39 is 15.9 Å². The highest BCUT2D eigenvalue weighted by Gasteiger charge is 2.36. The quantitative estimate of drug-likeness (QED) is 0.866. The second-order valence-electron chi connectivity index (χ2n) is 3.75. The lowest BCUT2D eigenvalue weighted by Crippen LogP contribution is -2.19. The van der Waals surface area contributed by atoms with Gasteiger partial charge in [0.1, 0.15) is 5.82 Å². The third-order valence-corrected chi connectivity index (χ3v) is 5.63. The predicted octanol–water partition coefficient (Wildman–Crippen LogP) is 1.08. The molecule has 1 aromatic rings. The number of benzene rings is 1. The van der Waals surface area contributed by atoms with E-state index in [9.17, 15) is 17.9 Å². The van der Waals surface area contributed by atoms with Crippen LogP contribution in [-0.2, 0) is 9.84 Å². The number of sulfone groups is 1. The summed E-state index contributed by atoms with van der Waals surface area (Å²) < 4.78 is 35.2. The summed E-state index contributed by atoms with van der Waals surface area (Å²) in [7, 11) is -3.12. The van der Waals surface area contributed by atoms with Crippen LogP contribution in [0.4, 0.5) is 4.39 Å². The summed E-state index contributed by atoms with van der Waals surface area (Å²) in [6.07, 6.45) is -0.833. The van der Waals surface area contributed by atoms with Crippen LogP contribution < -0.4 is 0 Å². The number of rotatable bonds is 2. The normalized spacial score (nSPS) is 28.1. The van der Waals surface area contributed by atoms with Crippen LogP contribution in [0.1, 0.15) is 0 Å². The first kappa shape index (κ1) is 11.9. The van der Waals surface area contributed by atoms with E-state index in [1.807, 2.05) is 0 Å². The van der Waals surface area contributed by atoms with Crippen LogP contribution in [0, 0.1) is 5.82 Å². The molecule has 1 fully saturated rings. The summed E-state index contributed by atoms with van der Waals surface area (Å²) in [5.41, 5.74) is 0. The Labute approximate surface area is 97.6 Å². The molecule has 1 N–H and O–H groups in total. The first-order chi connectivity index (χ1) is 7.46. The second kappa shape index (κ2) is 4.35. The molecule has 3 nitrogen and oxygen atoms in total. The van der Waals surface area contributed by atoms with Gasteiger partial charge in [-0.25, -0.2) is 12.8 Å². The first-order valence-electron chi connectivity index (χ1n) is 4.77. The molecular formula is C10H11FO3S2. The van der Waals surface area contributed by atoms with Crippen LogP contribution in [0.2, 0.25) is 0 Å². The van der Waals surface area contributed by atoms with E-state index >= 15 is 0 Å². The van der Waals surface area contributed by atoms with E-state index in [4.69, 9.17) is 0 Å². The Morgan fingerprint density at radius 2 is 1.88 bits per heavy atom. The van der Waals surface area contributed by atoms with E-state index in [2.05, 4.69) is 0 Å². The predicted molar refractivity (Wildman–Crippen MR) is 60.7 cm³/mol. The Kier molecular flexibility index (Phi) is 3.23. The second-order valence-corrected chi connectivity index (χ2v) is 7.22. The maximum absolute atomic E-state index is 12.6. The standard InChI is InChI=1S/C10H11FO3S2/c11-7-1-3-8(4-2-7)15-10-6-16(13,14)5-9(10)12/h1-4,9-10,12H,5-6H2/t9-,10-/m1/s1. The van der Waals surface area contributed by atoms with Crippen molar-refractivity contribution >= 4 is 21.6 Å². The van der Waals surface area contributed by atoms with Gasteiger partial charge in [0.25, 0.3) is 0 Å². The van der Waals surface area contributed by atoms with Crippen LogP contribution in [0.15, 0.2) is 29.2 Å². The highest BCUT2D eigenvalue weighted by atomic mass is 32.2. The minimum Gasteiger partial charge on any atom is -0.391 e. The van der Waals surface area contributed by atoms with Gasteiger partial charge in [-0.15, -0.1) is 11.8 Å². The van der Waals surface area contributed by atoms with Crippen molar-refractivity contribution in [1.82, 2.24) is 0 Å². The molecule has 2 atom stereocenters. The van der Waals surface area contributed by atoms with Crippen LogP contribution >= 0.6 is 11.8 Å². The van der Waals surface area contributed by atoms with E-state index in [0.29, 0.717) is 0 Å². The lowest BCUT2D eigenvalue weighted by molar-refractivity contribution is 0.207. The van der Waals surface area contributed by atoms with Gasteiger partial charge >= 0.3 is 0 Å². The van der Waals surface area contributed by atoms with Gasteiger partial charge in [-0.1, -0.05) is 0 Å². The largest absolute Gasteiger partial charge is 0.391 e. The van der Waals surface area contributed by atoms with Crippen LogP contribution in [0.5, 0.6) is 0 Å². The van der Waals surface area contributed by atoms with Gasteiger partial charge in [-0.05, 0) is 24.3 Å². The Hall–Kier alpha value is -0.590. The smallest absolute Gasteiger partial charge is 0.154 e. The summed E-state index contributed by atoms with van der Waals surface area (Å²) >= 11 is 1.27. The van der Waals surface area contributed by atoms with Gasteiger partial charge in [0.15, 0.2) is 9.84 Å². The van der Waals surface area contributed by atoms with E-state index in [1.54, 1.807) is 12.1 Å². The first-order valence-corrected chi connectivity index (χ1v) is 7.47. The van der Waals surface area contributed by atoms with Gasteiger partial charge in [0.2, 0.25) is 0 Å². The molecule has 0 saturated carbocycles. The molecule has 6 heteroatoms. The third-order valence-electron chi connectivity index (χ3n) is 2.37. The minimum absolute atomic E-state index is 0.0176. The van der Waals surface area contributed by atoms with E-state index in [1.165, 1.54) is 23.9 Å². The van der Waals surface area contributed by atoms with Crippen molar-refractivity contribution in [2.75, 3.05) is 11.5 Å². The zero-order valence-electron chi connectivity index (χ0n) is 8.34. The molecule has 1 heterocycles. The Morgan fingerprint density at radius 1 is 1.25 bits per heavy atom. The van der Waals surface area contributed by atoms with Gasteiger partial charge in [-0.2, -0.15) is 0 Å². The molecule has 0 unspecified atom stereocenters. The SMILES string of the molecule is O=S1(=O)C[C@@H](O)[C@H](Sc2ccc(F)cc2)C1. The average molecular weight is 262 g/mol.